The number of aromatic nitrogens is 4. The smallest absolute Gasteiger partial charge is 0.332 e. The molecule has 8 heteroatoms. The molecule has 0 bridgehead atoms. The van der Waals surface area contributed by atoms with Crippen molar-refractivity contribution in [2.45, 2.75) is 33.9 Å². The zero-order valence-corrected chi connectivity index (χ0v) is 14.2. The van der Waals surface area contributed by atoms with Crippen LogP contribution in [-0.4, -0.2) is 25.5 Å². The van der Waals surface area contributed by atoms with Gasteiger partial charge in [0.1, 0.15) is 0 Å². The number of rotatable bonds is 4. The number of hydrogen-bond donors (Lipinski definition) is 1. The molecule has 1 aromatic carbocycles. The number of para-hydroxylation sites is 2. The van der Waals surface area contributed by atoms with Gasteiger partial charge in [0.15, 0.2) is 17.9 Å². The SMILES string of the molecule is CCC(C)(C)C(=O)OCn1c(=O)[nH]c2nc3ccccc3nc2c1=O. The van der Waals surface area contributed by atoms with Gasteiger partial charge in [-0.25, -0.2) is 19.3 Å². The van der Waals surface area contributed by atoms with Gasteiger partial charge in [0.05, 0.1) is 16.4 Å². The molecule has 130 valence electrons. The minimum Gasteiger partial charge on any atom is -0.443 e. The van der Waals surface area contributed by atoms with Crippen LogP contribution in [0.15, 0.2) is 33.9 Å². The first-order chi connectivity index (χ1) is 11.8. The average Bonchev–Trinajstić information content (AvgIpc) is 2.60. The van der Waals surface area contributed by atoms with Crippen LogP contribution in [0.1, 0.15) is 27.2 Å². The second-order valence-corrected chi connectivity index (χ2v) is 6.37. The summed E-state index contributed by atoms with van der Waals surface area (Å²) in [5.74, 6) is -0.481. The summed E-state index contributed by atoms with van der Waals surface area (Å²) in [6.07, 6.45) is 0.576. The van der Waals surface area contributed by atoms with Gasteiger partial charge in [0.25, 0.3) is 5.56 Å². The lowest BCUT2D eigenvalue weighted by atomic mass is 9.91. The normalized spacial score (nSPS) is 11.8. The van der Waals surface area contributed by atoms with Crippen molar-refractivity contribution in [3.63, 3.8) is 0 Å². The maximum absolute atomic E-state index is 12.6. The van der Waals surface area contributed by atoms with Crippen molar-refractivity contribution in [3.8, 4) is 0 Å². The second-order valence-electron chi connectivity index (χ2n) is 6.37. The van der Waals surface area contributed by atoms with E-state index in [9.17, 15) is 14.4 Å². The van der Waals surface area contributed by atoms with Gasteiger partial charge in [-0.3, -0.25) is 14.6 Å². The number of nitrogens with one attached hydrogen (secondary N) is 1. The molecule has 8 nitrogen and oxygen atoms in total. The van der Waals surface area contributed by atoms with Gasteiger partial charge in [0, 0.05) is 0 Å². The van der Waals surface area contributed by atoms with E-state index in [1.54, 1.807) is 38.1 Å². The molecule has 0 aliphatic carbocycles. The highest BCUT2D eigenvalue weighted by atomic mass is 16.5. The number of esters is 1. The molecule has 3 rings (SSSR count). The molecule has 0 amide bonds. The van der Waals surface area contributed by atoms with Gasteiger partial charge >= 0.3 is 11.7 Å². The first-order valence-corrected chi connectivity index (χ1v) is 7.90. The van der Waals surface area contributed by atoms with Crippen LogP contribution in [0.3, 0.4) is 0 Å². The van der Waals surface area contributed by atoms with Crippen LogP contribution in [0.5, 0.6) is 0 Å². The molecule has 25 heavy (non-hydrogen) atoms. The second kappa shape index (κ2) is 6.12. The summed E-state index contributed by atoms with van der Waals surface area (Å²) >= 11 is 0. The van der Waals surface area contributed by atoms with Crippen LogP contribution in [-0.2, 0) is 16.3 Å². The lowest BCUT2D eigenvalue weighted by Crippen LogP contribution is -2.38. The van der Waals surface area contributed by atoms with E-state index in [1.165, 1.54) is 0 Å². The predicted molar refractivity (Wildman–Crippen MR) is 92.1 cm³/mol. The highest BCUT2D eigenvalue weighted by molar-refractivity contribution is 5.83. The van der Waals surface area contributed by atoms with E-state index >= 15 is 0 Å². The Balaban J connectivity index is 2.04. The minimum atomic E-state index is -0.704. The number of benzene rings is 1. The van der Waals surface area contributed by atoms with E-state index in [2.05, 4.69) is 15.0 Å². The van der Waals surface area contributed by atoms with Gasteiger partial charge in [-0.05, 0) is 32.4 Å². The van der Waals surface area contributed by atoms with E-state index in [1.807, 2.05) is 6.92 Å². The molecule has 0 radical (unpaired) electrons. The summed E-state index contributed by atoms with van der Waals surface area (Å²) < 4.78 is 5.94. The Bertz CT molecular complexity index is 1080. The van der Waals surface area contributed by atoms with Crippen molar-refractivity contribution >= 4 is 28.2 Å². The standard InChI is InChI=1S/C17H18N4O4/c1-4-17(2,3)15(23)25-9-21-14(22)12-13(20-16(21)24)19-11-8-6-5-7-10(11)18-12/h5-8H,4,9H2,1-3H3,(H,19,20,24). The zero-order valence-electron chi connectivity index (χ0n) is 14.2. The lowest BCUT2D eigenvalue weighted by Gasteiger charge is -2.20. The number of carbonyl (C=O) groups is 1. The molecule has 1 N–H and O–H groups in total. The fraction of sp³-hybridized carbons (Fsp3) is 0.353. The Kier molecular flexibility index (Phi) is 4.12. The van der Waals surface area contributed by atoms with Crippen molar-refractivity contribution in [3.05, 3.63) is 45.1 Å². The number of ether oxygens (including phenoxy) is 1. The third kappa shape index (κ3) is 3.02. The van der Waals surface area contributed by atoms with Crippen molar-refractivity contribution in [1.82, 2.24) is 19.5 Å². The molecule has 0 aliphatic rings. The van der Waals surface area contributed by atoms with Gasteiger partial charge in [-0.1, -0.05) is 19.1 Å². The summed E-state index contributed by atoms with van der Waals surface area (Å²) in [5, 5.41) is 0. The largest absolute Gasteiger partial charge is 0.443 e. The predicted octanol–water partition coefficient (Wildman–Crippen LogP) is 1.57. The maximum atomic E-state index is 12.6. The summed E-state index contributed by atoms with van der Waals surface area (Å²) in [5.41, 5.74) is -0.824. The maximum Gasteiger partial charge on any atom is 0.332 e. The Morgan fingerprint density at radius 3 is 2.48 bits per heavy atom. The van der Waals surface area contributed by atoms with Crippen molar-refractivity contribution in [2.24, 2.45) is 5.41 Å². The quantitative estimate of drug-likeness (QED) is 0.570. The molecule has 0 unspecified atom stereocenters. The lowest BCUT2D eigenvalue weighted by molar-refractivity contribution is -0.158. The molecular weight excluding hydrogens is 324 g/mol. The number of H-pyrrole nitrogens is 1. The zero-order chi connectivity index (χ0) is 18.2. The first kappa shape index (κ1) is 16.8. The number of aromatic amines is 1. The first-order valence-electron chi connectivity index (χ1n) is 7.90. The van der Waals surface area contributed by atoms with Gasteiger partial charge in [-0.2, -0.15) is 0 Å². The Morgan fingerprint density at radius 1 is 1.20 bits per heavy atom. The highest BCUT2D eigenvalue weighted by Crippen LogP contribution is 2.21. The molecule has 0 saturated carbocycles. The summed E-state index contributed by atoms with van der Waals surface area (Å²) in [7, 11) is 0. The van der Waals surface area contributed by atoms with E-state index in [-0.39, 0.29) is 11.2 Å². The summed E-state index contributed by atoms with van der Waals surface area (Å²) in [4.78, 5) is 47.8. The van der Waals surface area contributed by atoms with Crippen molar-refractivity contribution < 1.29 is 9.53 Å². The summed E-state index contributed by atoms with van der Waals surface area (Å²) in [6.45, 7) is 4.86. The third-order valence-corrected chi connectivity index (χ3v) is 4.25. The van der Waals surface area contributed by atoms with E-state index in [4.69, 9.17) is 4.74 Å². The van der Waals surface area contributed by atoms with Crippen LogP contribution in [0.25, 0.3) is 22.2 Å². The number of carbonyl (C=O) groups excluding carboxylic acids is 1. The van der Waals surface area contributed by atoms with Crippen LogP contribution >= 0.6 is 0 Å². The minimum absolute atomic E-state index is 0.0177. The number of nitrogens with zero attached hydrogens (tertiary/aromatic N) is 3. The Morgan fingerprint density at radius 2 is 1.84 bits per heavy atom. The molecule has 3 aromatic rings. The highest BCUT2D eigenvalue weighted by Gasteiger charge is 2.27. The molecule has 0 atom stereocenters. The molecule has 2 heterocycles. The van der Waals surface area contributed by atoms with Crippen LogP contribution < -0.4 is 11.2 Å². The van der Waals surface area contributed by atoms with Crippen molar-refractivity contribution in [2.75, 3.05) is 0 Å². The molecule has 0 spiro atoms. The molecule has 2 aromatic heterocycles. The Hall–Kier alpha value is -3.03. The molecule has 0 saturated heterocycles. The molecule has 0 fully saturated rings. The van der Waals surface area contributed by atoms with Crippen LogP contribution in [0.2, 0.25) is 0 Å². The Labute approximate surface area is 142 Å². The number of fused-ring (bicyclic) bond motifs is 2. The van der Waals surface area contributed by atoms with Crippen LogP contribution in [0, 0.1) is 5.41 Å². The fourth-order valence-corrected chi connectivity index (χ4v) is 2.21. The topological polar surface area (TPSA) is 107 Å². The monoisotopic (exact) mass is 342 g/mol. The van der Waals surface area contributed by atoms with Gasteiger partial charge in [0.2, 0.25) is 0 Å². The average molecular weight is 342 g/mol. The fourth-order valence-electron chi connectivity index (χ4n) is 2.21. The van der Waals surface area contributed by atoms with E-state index in [0.29, 0.717) is 17.5 Å². The van der Waals surface area contributed by atoms with E-state index in [0.717, 1.165) is 4.57 Å². The van der Waals surface area contributed by atoms with Crippen molar-refractivity contribution in [1.29, 1.82) is 0 Å². The third-order valence-electron chi connectivity index (χ3n) is 4.25. The molecule has 0 aliphatic heterocycles. The van der Waals surface area contributed by atoms with Crippen LogP contribution in [0.4, 0.5) is 0 Å². The van der Waals surface area contributed by atoms with Gasteiger partial charge in [-0.15, -0.1) is 0 Å². The number of hydrogen-bond acceptors (Lipinski definition) is 6. The van der Waals surface area contributed by atoms with E-state index < -0.39 is 29.4 Å². The molecular formula is C17H18N4O4. The summed E-state index contributed by atoms with van der Waals surface area (Å²) in [6, 6.07) is 7.03. The van der Waals surface area contributed by atoms with Gasteiger partial charge < -0.3 is 4.74 Å².